The van der Waals surface area contributed by atoms with Gasteiger partial charge in [0.15, 0.2) is 0 Å². The maximum atomic E-state index is 13.0. The molecule has 1 fully saturated rings. The van der Waals surface area contributed by atoms with Crippen molar-refractivity contribution in [2.45, 2.75) is 38.3 Å². The summed E-state index contributed by atoms with van der Waals surface area (Å²) in [6, 6.07) is 16.4. The molecule has 1 unspecified atom stereocenters. The molecule has 2 aromatic carbocycles. The second kappa shape index (κ2) is 10.3. The van der Waals surface area contributed by atoms with Crippen molar-refractivity contribution in [2.24, 2.45) is 0 Å². The quantitative estimate of drug-likeness (QED) is 0.701. The van der Waals surface area contributed by atoms with Crippen LogP contribution in [0.3, 0.4) is 0 Å². The van der Waals surface area contributed by atoms with Crippen LogP contribution in [0, 0.1) is 0 Å². The summed E-state index contributed by atoms with van der Waals surface area (Å²) in [5.74, 6) is 1.85. The molecule has 0 aliphatic carbocycles. The Balaban J connectivity index is 1.65. The first-order valence-electron chi connectivity index (χ1n) is 10.4. The van der Waals surface area contributed by atoms with E-state index in [0.717, 1.165) is 36.4 Å². The van der Waals surface area contributed by atoms with Crippen LogP contribution in [-0.2, 0) is 11.3 Å². The Hall–Kier alpha value is -2.53. The third-order valence-electron chi connectivity index (χ3n) is 5.71. The van der Waals surface area contributed by atoms with Crippen molar-refractivity contribution >= 4 is 5.91 Å². The molecule has 1 amide bonds. The number of likely N-dealkylation sites (N-methyl/N-ethyl adjacent to an activating group) is 1. The number of carbonyl (C=O) groups is 1. The molecule has 1 heterocycles. The smallest absolute Gasteiger partial charge is 0.236 e. The molecule has 5 heteroatoms. The van der Waals surface area contributed by atoms with E-state index in [4.69, 9.17) is 9.47 Å². The summed E-state index contributed by atoms with van der Waals surface area (Å²) in [6.07, 6.45) is 4.64. The minimum atomic E-state index is 0.154. The van der Waals surface area contributed by atoms with Gasteiger partial charge >= 0.3 is 0 Å². The van der Waals surface area contributed by atoms with Crippen LogP contribution in [0.15, 0.2) is 48.5 Å². The lowest BCUT2D eigenvalue weighted by Crippen LogP contribution is -2.40. The van der Waals surface area contributed by atoms with Crippen LogP contribution in [0.1, 0.15) is 42.9 Å². The average molecular weight is 397 g/mol. The molecule has 1 saturated heterocycles. The lowest BCUT2D eigenvalue weighted by molar-refractivity contribution is -0.132. The molecule has 2 aromatic rings. The molecule has 0 aromatic heterocycles. The first-order valence-corrected chi connectivity index (χ1v) is 10.4. The molecule has 0 N–H and O–H groups in total. The number of likely N-dealkylation sites (tertiary alicyclic amines) is 1. The molecule has 3 rings (SSSR count). The molecule has 0 radical (unpaired) electrons. The third-order valence-corrected chi connectivity index (χ3v) is 5.71. The van der Waals surface area contributed by atoms with Gasteiger partial charge in [-0.05, 0) is 54.8 Å². The van der Waals surface area contributed by atoms with E-state index in [-0.39, 0.29) is 11.9 Å². The van der Waals surface area contributed by atoms with Crippen LogP contribution in [0.2, 0.25) is 0 Å². The minimum absolute atomic E-state index is 0.154. The monoisotopic (exact) mass is 396 g/mol. The van der Waals surface area contributed by atoms with Crippen molar-refractivity contribution in [3.63, 3.8) is 0 Å². The Kier molecular flexibility index (Phi) is 7.53. The Morgan fingerprint density at radius 2 is 1.59 bits per heavy atom. The predicted molar refractivity (Wildman–Crippen MR) is 115 cm³/mol. The number of amides is 1. The molecule has 1 atom stereocenters. The van der Waals surface area contributed by atoms with Crippen molar-refractivity contribution in [2.75, 3.05) is 34.4 Å². The van der Waals surface area contributed by atoms with Crippen LogP contribution in [0.5, 0.6) is 11.5 Å². The highest BCUT2D eigenvalue weighted by Crippen LogP contribution is 2.31. The maximum absolute atomic E-state index is 13.0. The Morgan fingerprint density at radius 3 is 2.21 bits per heavy atom. The van der Waals surface area contributed by atoms with Gasteiger partial charge in [-0.25, -0.2) is 0 Å². The van der Waals surface area contributed by atoms with Crippen molar-refractivity contribution in [3.8, 4) is 11.5 Å². The maximum Gasteiger partial charge on any atom is 0.236 e. The standard InChI is InChI=1S/C24H32N2O3/c1-25(17-19-8-12-21(28-2)13-9-19)24(27)18-26-16-6-4-5-7-23(26)20-10-14-22(29-3)15-11-20/h8-15,23H,4-7,16-18H2,1-3H3. The number of hydrogen-bond donors (Lipinski definition) is 0. The van der Waals surface area contributed by atoms with Gasteiger partial charge in [-0.3, -0.25) is 9.69 Å². The second-order valence-electron chi connectivity index (χ2n) is 7.71. The second-order valence-corrected chi connectivity index (χ2v) is 7.71. The van der Waals surface area contributed by atoms with Crippen LogP contribution < -0.4 is 9.47 Å². The van der Waals surface area contributed by atoms with Gasteiger partial charge in [-0.1, -0.05) is 37.1 Å². The van der Waals surface area contributed by atoms with Gasteiger partial charge in [0.2, 0.25) is 5.91 Å². The molecule has 5 nitrogen and oxygen atoms in total. The zero-order chi connectivity index (χ0) is 20.6. The summed E-state index contributed by atoms with van der Waals surface area (Å²) in [5, 5.41) is 0. The first kappa shape index (κ1) is 21.2. The Bertz CT molecular complexity index is 774. The molecule has 1 aliphatic heterocycles. The van der Waals surface area contributed by atoms with E-state index >= 15 is 0 Å². The lowest BCUT2D eigenvalue weighted by Gasteiger charge is -2.31. The SMILES string of the molecule is COc1ccc(CN(C)C(=O)CN2CCCCCC2c2ccc(OC)cc2)cc1. The van der Waals surface area contributed by atoms with E-state index in [1.165, 1.54) is 18.4 Å². The van der Waals surface area contributed by atoms with Crippen molar-refractivity contribution in [3.05, 3.63) is 59.7 Å². The number of rotatable bonds is 7. The van der Waals surface area contributed by atoms with Crippen LogP contribution in [0.4, 0.5) is 0 Å². The zero-order valence-electron chi connectivity index (χ0n) is 17.8. The van der Waals surface area contributed by atoms with Crippen molar-refractivity contribution in [1.82, 2.24) is 9.80 Å². The molecule has 156 valence electrons. The number of hydrogen-bond acceptors (Lipinski definition) is 4. The predicted octanol–water partition coefficient (Wildman–Crippen LogP) is 4.28. The van der Waals surface area contributed by atoms with E-state index in [0.29, 0.717) is 13.1 Å². The Labute approximate surface area is 174 Å². The minimum Gasteiger partial charge on any atom is -0.497 e. The summed E-state index contributed by atoms with van der Waals surface area (Å²) < 4.78 is 10.5. The number of nitrogens with zero attached hydrogens (tertiary/aromatic N) is 2. The summed E-state index contributed by atoms with van der Waals surface area (Å²) in [4.78, 5) is 17.1. The zero-order valence-corrected chi connectivity index (χ0v) is 17.8. The van der Waals surface area contributed by atoms with E-state index in [9.17, 15) is 4.79 Å². The van der Waals surface area contributed by atoms with E-state index < -0.39 is 0 Å². The van der Waals surface area contributed by atoms with Gasteiger partial charge in [0.25, 0.3) is 0 Å². The molecular formula is C24H32N2O3. The third kappa shape index (κ3) is 5.73. The number of benzene rings is 2. The largest absolute Gasteiger partial charge is 0.497 e. The molecule has 1 aliphatic rings. The number of methoxy groups -OCH3 is 2. The van der Waals surface area contributed by atoms with Crippen LogP contribution >= 0.6 is 0 Å². The molecule has 0 spiro atoms. The summed E-state index contributed by atoms with van der Waals surface area (Å²) >= 11 is 0. The van der Waals surface area contributed by atoms with Gasteiger partial charge in [0.05, 0.1) is 20.8 Å². The van der Waals surface area contributed by atoms with Gasteiger partial charge < -0.3 is 14.4 Å². The van der Waals surface area contributed by atoms with Crippen LogP contribution in [-0.4, -0.2) is 50.1 Å². The summed E-state index contributed by atoms with van der Waals surface area (Å²) in [7, 11) is 5.22. The van der Waals surface area contributed by atoms with Gasteiger partial charge in [-0.2, -0.15) is 0 Å². The highest BCUT2D eigenvalue weighted by Gasteiger charge is 2.25. The molecule has 0 bridgehead atoms. The first-order chi connectivity index (χ1) is 14.1. The van der Waals surface area contributed by atoms with Gasteiger partial charge in [0, 0.05) is 19.6 Å². The van der Waals surface area contributed by atoms with E-state index in [1.807, 2.05) is 48.3 Å². The lowest BCUT2D eigenvalue weighted by atomic mass is 10.0. The average Bonchev–Trinajstić information content (AvgIpc) is 2.99. The summed E-state index contributed by atoms with van der Waals surface area (Å²) in [5.41, 5.74) is 2.36. The van der Waals surface area contributed by atoms with E-state index in [1.54, 1.807) is 14.2 Å². The van der Waals surface area contributed by atoms with E-state index in [2.05, 4.69) is 17.0 Å². The number of carbonyl (C=O) groups excluding carboxylic acids is 1. The molecule has 29 heavy (non-hydrogen) atoms. The highest BCUT2D eigenvalue weighted by molar-refractivity contribution is 5.78. The Morgan fingerprint density at radius 1 is 0.966 bits per heavy atom. The molecule has 0 saturated carbocycles. The topological polar surface area (TPSA) is 42.0 Å². The fraction of sp³-hybridized carbons (Fsp3) is 0.458. The fourth-order valence-electron chi connectivity index (χ4n) is 3.95. The number of ether oxygens (including phenoxy) is 2. The van der Waals surface area contributed by atoms with Gasteiger partial charge in [0.1, 0.15) is 11.5 Å². The summed E-state index contributed by atoms with van der Waals surface area (Å²) in [6.45, 7) is 2.01. The van der Waals surface area contributed by atoms with Crippen LogP contribution in [0.25, 0.3) is 0 Å². The fourth-order valence-corrected chi connectivity index (χ4v) is 3.95. The molecular weight excluding hydrogens is 364 g/mol. The normalized spacial score (nSPS) is 17.4. The van der Waals surface area contributed by atoms with Crippen molar-refractivity contribution < 1.29 is 14.3 Å². The van der Waals surface area contributed by atoms with Gasteiger partial charge in [-0.15, -0.1) is 0 Å². The highest BCUT2D eigenvalue weighted by atomic mass is 16.5. The van der Waals surface area contributed by atoms with Crippen molar-refractivity contribution in [1.29, 1.82) is 0 Å².